The van der Waals surface area contributed by atoms with Gasteiger partial charge in [0.05, 0.1) is 26.5 Å². The number of benzene rings is 3. The molecule has 0 aliphatic rings. The zero-order valence-corrected chi connectivity index (χ0v) is 19.3. The van der Waals surface area contributed by atoms with Gasteiger partial charge in [0.2, 0.25) is 5.88 Å². The predicted octanol–water partition coefficient (Wildman–Crippen LogP) is 7.62. The van der Waals surface area contributed by atoms with Crippen molar-refractivity contribution in [2.24, 2.45) is 7.05 Å². The number of para-hydroxylation sites is 1. The molecule has 0 amide bonds. The van der Waals surface area contributed by atoms with Crippen LogP contribution in [0.3, 0.4) is 0 Å². The number of anilines is 2. The van der Waals surface area contributed by atoms with Crippen molar-refractivity contribution in [3.63, 3.8) is 0 Å². The molecule has 2 aromatic heterocycles. The van der Waals surface area contributed by atoms with Gasteiger partial charge >= 0.3 is 0 Å². The molecular weight excluding hydrogens is 443 g/mol. The average Bonchev–Trinajstić information content (AvgIpc) is 3.15. The lowest BCUT2D eigenvalue weighted by Gasteiger charge is -2.10. The van der Waals surface area contributed by atoms with Gasteiger partial charge in [0.25, 0.3) is 5.56 Å². The summed E-state index contributed by atoms with van der Waals surface area (Å²) in [5, 5.41) is 5.63. The van der Waals surface area contributed by atoms with Crippen LogP contribution in [0.5, 0.6) is 0 Å². The number of furan rings is 1. The summed E-state index contributed by atoms with van der Waals surface area (Å²) < 4.78 is 8.01. The molecule has 4 nitrogen and oxygen atoms in total. The number of rotatable bonds is 3. The van der Waals surface area contributed by atoms with Gasteiger partial charge in [0.15, 0.2) is 5.58 Å². The lowest BCUT2D eigenvalue weighted by molar-refractivity contribution is 0.637. The molecule has 0 atom stereocenters. The minimum absolute atomic E-state index is 0.141. The second-order valence-electron chi connectivity index (χ2n) is 7.96. The van der Waals surface area contributed by atoms with Gasteiger partial charge in [-0.1, -0.05) is 59.1 Å². The van der Waals surface area contributed by atoms with Crippen molar-refractivity contribution in [3.05, 3.63) is 92.2 Å². The van der Waals surface area contributed by atoms with Crippen LogP contribution in [0.15, 0.2) is 69.9 Å². The summed E-state index contributed by atoms with van der Waals surface area (Å²) in [6.45, 7) is 4.08. The Bertz CT molecular complexity index is 1580. The summed E-state index contributed by atoms with van der Waals surface area (Å²) >= 11 is 12.5. The number of aromatic nitrogens is 1. The second kappa shape index (κ2) is 7.73. The van der Waals surface area contributed by atoms with Gasteiger partial charge in [0, 0.05) is 18.1 Å². The van der Waals surface area contributed by atoms with E-state index >= 15 is 0 Å². The lowest BCUT2D eigenvalue weighted by Crippen LogP contribution is -2.17. The molecule has 5 rings (SSSR count). The highest BCUT2D eigenvalue weighted by Crippen LogP contribution is 2.42. The maximum atomic E-state index is 13.5. The van der Waals surface area contributed by atoms with E-state index in [1.165, 1.54) is 5.56 Å². The molecule has 5 aromatic rings. The van der Waals surface area contributed by atoms with Crippen LogP contribution in [0.4, 0.5) is 11.6 Å². The molecule has 2 heterocycles. The topological polar surface area (TPSA) is 47.2 Å². The largest absolute Gasteiger partial charge is 0.439 e. The molecule has 0 spiro atoms. The van der Waals surface area contributed by atoms with Crippen LogP contribution < -0.4 is 10.9 Å². The normalized spacial score (nSPS) is 11.4. The van der Waals surface area contributed by atoms with Gasteiger partial charge in [-0.25, -0.2) is 0 Å². The van der Waals surface area contributed by atoms with Crippen molar-refractivity contribution >= 4 is 56.6 Å². The Hall–Kier alpha value is -3.21. The van der Waals surface area contributed by atoms with E-state index in [1.54, 1.807) is 23.7 Å². The highest BCUT2D eigenvalue weighted by atomic mass is 35.5. The second-order valence-corrected chi connectivity index (χ2v) is 8.78. The first kappa shape index (κ1) is 20.7. The van der Waals surface area contributed by atoms with Crippen molar-refractivity contribution < 1.29 is 4.42 Å². The molecule has 0 saturated carbocycles. The Morgan fingerprint density at radius 1 is 0.938 bits per heavy atom. The van der Waals surface area contributed by atoms with E-state index in [1.807, 2.05) is 49.4 Å². The maximum Gasteiger partial charge on any atom is 0.262 e. The van der Waals surface area contributed by atoms with Crippen LogP contribution in [0.1, 0.15) is 11.1 Å². The summed E-state index contributed by atoms with van der Waals surface area (Å²) in [4.78, 5) is 13.5. The fourth-order valence-electron chi connectivity index (χ4n) is 4.15. The molecule has 6 heteroatoms. The van der Waals surface area contributed by atoms with E-state index in [0.29, 0.717) is 32.5 Å². The summed E-state index contributed by atoms with van der Waals surface area (Å²) in [6.07, 6.45) is 0. The van der Waals surface area contributed by atoms with Crippen LogP contribution in [-0.2, 0) is 7.05 Å². The number of hydrogen-bond acceptors (Lipinski definition) is 3. The quantitative estimate of drug-likeness (QED) is 0.299. The van der Waals surface area contributed by atoms with Gasteiger partial charge in [-0.15, -0.1) is 0 Å². The molecule has 32 heavy (non-hydrogen) atoms. The first-order chi connectivity index (χ1) is 15.3. The molecule has 0 fully saturated rings. The number of hydrogen-bond donors (Lipinski definition) is 1. The molecule has 0 saturated heterocycles. The zero-order valence-electron chi connectivity index (χ0n) is 17.8. The average molecular weight is 463 g/mol. The predicted molar refractivity (Wildman–Crippen MR) is 134 cm³/mol. The molecule has 0 unspecified atom stereocenters. The van der Waals surface area contributed by atoms with Crippen LogP contribution >= 0.6 is 23.2 Å². The van der Waals surface area contributed by atoms with Crippen molar-refractivity contribution in [3.8, 4) is 11.1 Å². The maximum absolute atomic E-state index is 13.5. The van der Waals surface area contributed by atoms with E-state index in [9.17, 15) is 4.79 Å². The molecule has 0 aliphatic heterocycles. The Kier molecular flexibility index (Phi) is 5.00. The minimum atomic E-state index is -0.141. The number of nitrogens with one attached hydrogen (secondary N) is 1. The van der Waals surface area contributed by atoms with Gasteiger partial charge in [0.1, 0.15) is 0 Å². The first-order valence-corrected chi connectivity index (χ1v) is 10.9. The van der Waals surface area contributed by atoms with E-state index in [2.05, 4.69) is 18.3 Å². The van der Waals surface area contributed by atoms with Gasteiger partial charge in [-0.3, -0.25) is 4.79 Å². The first-order valence-electron chi connectivity index (χ1n) is 10.2. The fourth-order valence-corrected chi connectivity index (χ4v) is 4.45. The monoisotopic (exact) mass is 462 g/mol. The van der Waals surface area contributed by atoms with Crippen molar-refractivity contribution in [1.82, 2.24) is 4.57 Å². The zero-order chi connectivity index (χ0) is 22.6. The third-order valence-corrected chi connectivity index (χ3v) is 6.51. The molecule has 160 valence electrons. The molecular formula is C26H20Cl2N2O2. The Labute approximate surface area is 195 Å². The molecule has 1 N–H and O–H groups in total. The number of aryl methyl sites for hydroxylation is 3. The van der Waals surface area contributed by atoms with Crippen LogP contribution in [-0.4, -0.2) is 4.57 Å². The van der Waals surface area contributed by atoms with E-state index in [0.717, 1.165) is 27.7 Å². The number of nitrogens with zero attached hydrogens (tertiary/aromatic N) is 1. The number of fused-ring (bicyclic) bond motifs is 3. The third-order valence-electron chi connectivity index (χ3n) is 5.78. The molecule has 0 aliphatic carbocycles. The van der Waals surface area contributed by atoms with Crippen LogP contribution in [0.2, 0.25) is 10.0 Å². The van der Waals surface area contributed by atoms with Gasteiger partial charge in [-0.2, -0.15) is 0 Å². The summed E-state index contributed by atoms with van der Waals surface area (Å²) in [7, 11) is 1.77. The highest BCUT2D eigenvalue weighted by molar-refractivity contribution is 6.42. The van der Waals surface area contributed by atoms with Gasteiger partial charge in [-0.05, 0) is 55.3 Å². The smallest absolute Gasteiger partial charge is 0.262 e. The van der Waals surface area contributed by atoms with E-state index in [-0.39, 0.29) is 5.56 Å². The molecule has 0 radical (unpaired) electrons. The fraction of sp³-hybridized carbons (Fsp3) is 0.115. The third kappa shape index (κ3) is 3.27. The number of pyridine rings is 1. The van der Waals surface area contributed by atoms with Crippen LogP contribution in [0.25, 0.3) is 33.0 Å². The summed E-state index contributed by atoms with van der Waals surface area (Å²) in [6, 6.07) is 19.2. The van der Waals surface area contributed by atoms with E-state index < -0.39 is 0 Å². The van der Waals surface area contributed by atoms with Gasteiger partial charge < -0.3 is 14.3 Å². The molecule has 0 bridgehead atoms. The van der Waals surface area contributed by atoms with Crippen molar-refractivity contribution in [2.75, 3.05) is 5.32 Å². The summed E-state index contributed by atoms with van der Waals surface area (Å²) in [5.41, 5.74) is 5.75. The summed E-state index contributed by atoms with van der Waals surface area (Å²) in [5.74, 6) is 0.485. The van der Waals surface area contributed by atoms with Crippen LogP contribution in [0, 0.1) is 13.8 Å². The lowest BCUT2D eigenvalue weighted by atomic mass is 10.0. The van der Waals surface area contributed by atoms with Crippen molar-refractivity contribution in [1.29, 1.82) is 0 Å². The van der Waals surface area contributed by atoms with Crippen molar-refractivity contribution in [2.45, 2.75) is 13.8 Å². The molecule has 3 aromatic carbocycles. The highest BCUT2D eigenvalue weighted by Gasteiger charge is 2.23. The SMILES string of the molecule is Cc1ccc(Nc2oc3c(c2-c2ccc(Cl)c(Cl)c2)c(=O)n(C)c2ccccc32)c(C)c1. The Balaban J connectivity index is 1.88. The Morgan fingerprint density at radius 3 is 2.47 bits per heavy atom. The number of halogens is 2. The Morgan fingerprint density at radius 2 is 1.72 bits per heavy atom. The standard InChI is InChI=1S/C26H20Cl2N2O2/c1-14-8-11-20(15(2)12-14)29-25-22(16-9-10-18(27)19(28)13-16)23-24(32-25)17-6-4-5-7-21(17)30(3)26(23)31/h4-13,29H,1-3H3. The van der Waals surface area contributed by atoms with E-state index in [4.69, 9.17) is 27.6 Å². The minimum Gasteiger partial charge on any atom is -0.439 e.